The maximum Gasteiger partial charge on any atom is 0.326 e. The van der Waals surface area contributed by atoms with E-state index in [-0.39, 0.29) is 29.7 Å². The molecule has 0 amide bonds. The van der Waals surface area contributed by atoms with E-state index in [1.54, 1.807) is 4.57 Å². The number of hydrogen-bond acceptors (Lipinski definition) is 2. The number of benzene rings is 1. The van der Waals surface area contributed by atoms with Gasteiger partial charge in [-0.05, 0) is 30.9 Å². The van der Waals surface area contributed by atoms with E-state index in [1.807, 2.05) is 24.3 Å². The van der Waals surface area contributed by atoms with Crippen LogP contribution in [0.2, 0.25) is 0 Å². The van der Waals surface area contributed by atoms with Gasteiger partial charge < -0.3 is 16.0 Å². The minimum Gasteiger partial charge on any atom is -0.370 e. The zero-order valence-electron chi connectivity index (χ0n) is 12.4. The van der Waals surface area contributed by atoms with Crippen molar-refractivity contribution in [3.63, 3.8) is 0 Å². The number of hydrogen-bond donors (Lipinski definition) is 3. The van der Waals surface area contributed by atoms with E-state index in [9.17, 15) is 4.79 Å². The molecule has 120 valence electrons. The van der Waals surface area contributed by atoms with Crippen molar-refractivity contribution in [1.29, 1.82) is 0 Å². The van der Waals surface area contributed by atoms with Gasteiger partial charge in [0.25, 0.3) is 0 Å². The molecule has 1 saturated carbocycles. The minimum absolute atomic E-state index is 0. The fourth-order valence-corrected chi connectivity index (χ4v) is 2.58. The van der Waals surface area contributed by atoms with E-state index in [0.29, 0.717) is 25.0 Å². The van der Waals surface area contributed by atoms with E-state index in [1.165, 1.54) is 19.3 Å². The maximum atomic E-state index is 11.9. The Bertz CT molecular complexity index is 701. The molecular weight excluding hydrogens is 393 g/mol. The van der Waals surface area contributed by atoms with Gasteiger partial charge in [-0.15, -0.1) is 24.0 Å². The zero-order chi connectivity index (χ0) is 14.7. The highest BCUT2D eigenvalue weighted by Gasteiger charge is 2.16. The van der Waals surface area contributed by atoms with Crippen LogP contribution in [-0.2, 0) is 6.54 Å². The summed E-state index contributed by atoms with van der Waals surface area (Å²) in [6, 6.07) is 7.66. The van der Waals surface area contributed by atoms with Crippen molar-refractivity contribution in [2.75, 3.05) is 13.1 Å². The monoisotopic (exact) mass is 415 g/mol. The molecule has 4 N–H and O–H groups in total. The first-order valence-corrected chi connectivity index (χ1v) is 7.45. The largest absolute Gasteiger partial charge is 0.370 e. The Morgan fingerprint density at radius 3 is 2.91 bits per heavy atom. The number of aromatic amines is 1. The minimum atomic E-state index is -0.0945. The van der Waals surface area contributed by atoms with Crippen molar-refractivity contribution < 1.29 is 0 Å². The Labute approximate surface area is 146 Å². The summed E-state index contributed by atoms with van der Waals surface area (Å²) in [6.07, 6.45) is 3.85. The van der Waals surface area contributed by atoms with Crippen molar-refractivity contribution in [3.8, 4) is 0 Å². The number of aromatic nitrogens is 2. The van der Waals surface area contributed by atoms with E-state index in [4.69, 9.17) is 5.73 Å². The van der Waals surface area contributed by atoms with E-state index >= 15 is 0 Å². The summed E-state index contributed by atoms with van der Waals surface area (Å²) in [6.45, 7) is 1.95. The molecule has 6 nitrogen and oxygen atoms in total. The summed E-state index contributed by atoms with van der Waals surface area (Å²) >= 11 is 0. The molecule has 0 saturated heterocycles. The molecule has 0 unspecified atom stereocenters. The topological polar surface area (TPSA) is 88.2 Å². The number of rotatable bonds is 5. The zero-order valence-corrected chi connectivity index (χ0v) is 14.7. The normalized spacial score (nSPS) is 15.4. The lowest BCUT2D eigenvalue weighted by molar-refractivity contribution is 0.326. The molecule has 1 heterocycles. The SMILES string of the molecule is I.NC(=NCC1CCC1)NCCn1c(=O)[nH]c2ccccc21. The molecule has 1 aliphatic rings. The number of nitrogens with zero attached hydrogens (tertiary/aromatic N) is 2. The van der Waals surface area contributed by atoms with Crippen LogP contribution in [0.25, 0.3) is 11.0 Å². The van der Waals surface area contributed by atoms with Crippen LogP contribution in [0.3, 0.4) is 0 Å². The van der Waals surface area contributed by atoms with Gasteiger partial charge in [-0.2, -0.15) is 0 Å². The van der Waals surface area contributed by atoms with Crippen LogP contribution in [0.15, 0.2) is 34.1 Å². The first kappa shape index (κ1) is 16.9. The molecule has 0 spiro atoms. The van der Waals surface area contributed by atoms with Crippen LogP contribution in [0.1, 0.15) is 19.3 Å². The number of para-hydroxylation sites is 2. The van der Waals surface area contributed by atoms with Gasteiger partial charge >= 0.3 is 5.69 Å². The van der Waals surface area contributed by atoms with Crippen LogP contribution < -0.4 is 16.7 Å². The quantitative estimate of drug-likeness (QED) is 0.394. The van der Waals surface area contributed by atoms with Gasteiger partial charge in [0.2, 0.25) is 0 Å². The standard InChI is InChI=1S/C15H21N5O.HI/c16-14(18-10-11-4-3-5-11)17-8-9-20-13-7-2-1-6-12(13)19-15(20)21;/h1-2,6-7,11H,3-5,8-10H2,(H,19,21)(H3,16,17,18);1H. The Hall–Kier alpha value is -1.51. The molecule has 1 aromatic heterocycles. The third-order valence-electron chi connectivity index (χ3n) is 4.07. The first-order valence-electron chi connectivity index (χ1n) is 7.45. The van der Waals surface area contributed by atoms with Crippen molar-refractivity contribution in [3.05, 3.63) is 34.7 Å². The van der Waals surface area contributed by atoms with Crippen molar-refractivity contribution in [2.45, 2.75) is 25.8 Å². The lowest BCUT2D eigenvalue weighted by Crippen LogP contribution is -2.36. The fraction of sp³-hybridized carbons (Fsp3) is 0.467. The predicted octanol–water partition coefficient (Wildman–Crippen LogP) is 1.65. The second kappa shape index (κ2) is 7.66. The van der Waals surface area contributed by atoms with Gasteiger partial charge in [0, 0.05) is 19.6 Å². The molecule has 7 heteroatoms. The van der Waals surface area contributed by atoms with Gasteiger partial charge in [0.15, 0.2) is 5.96 Å². The number of fused-ring (bicyclic) bond motifs is 1. The average molecular weight is 415 g/mol. The first-order chi connectivity index (χ1) is 10.2. The number of halogens is 1. The van der Waals surface area contributed by atoms with Gasteiger partial charge in [-0.1, -0.05) is 18.6 Å². The van der Waals surface area contributed by atoms with Gasteiger partial charge in [0.1, 0.15) is 0 Å². The number of imidazole rings is 1. The molecule has 3 rings (SSSR count). The Kier molecular flexibility index (Phi) is 5.87. The lowest BCUT2D eigenvalue weighted by atomic mass is 9.86. The van der Waals surface area contributed by atoms with E-state index in [2.05, 4.69) is 15.3 Å². The van der Waals surface area contributed by atoms with Crippen LogP contribution in [0.4, 0.5) is 0 Å². The van der Waals surface area contributed by atoms with Crippen molar-refractivity contribution in [1.82, 2.24) is 14.9 Å². The summed E-state index contributed by atoms with van der Waals surface area (Å²) in [5.74, 6) is 1.18. The summed E-state index contributed by atoms with van der Waals surface area (Å²) in [5.41, 5.74) is 7.51. The average Bonchev–Trinajstić information content (AvgIpc) is 2.73. The second-order valence-electron chi connectivity index (χ2n) is 5.55. The molecular formula is C15H22IN5O. The number of nitrogens with two attached hydrogens (primary N) is 1. The number of nitrogens with one attached hydrogen (secondary N) is 2. The highest BCUT2D eigenvalue weighted by atomic mass is 127. The molecule has 0 radical (unpaired) electrons. The summed E-state index contributed by atoms with van der Waals surface area (Å²) in [5, 5.41) is 3.07. The number of aliphatic imine (C=N–C) groups is 1. The van der Waals surface area contributed by atoms with E-state index < -0.39 is 0 Å². The van der Waals surface area contributed by atoms with Crippen LogP contribution in [0.5, 0.6) is 0 Å². The smallest absolute Gasteiger partial charge is 0.326 e. The molecule has 0 bridgehead atoms. The van der Waals surface area contributed by atoms with Crippen molar-refractivity contribution >= 4 is 41.0 Å². The van der Waals surface area contributed by atoms with Crippen LogP contribution in [-0.4, -0.2) is 28.6 Å². The fourth-order valence-electron chi connectivity index (χ4n) is 2.58. The molecule has 1 fully saturated rings. The molecule has 2 aromatic rings. The number of guanidine groups is 1. The Morgan fingerprint density at radius 1 is 1.41 bits per heavy atom. The van der Waals surface area contributed by atoms with Crippen molar-refractivity contribution in [2.24, 2.45) is 16.6 Å². The molecule has 22 heavy (non-hydrogen) atoms. The van der Waals surface area contributed by atoms with Crippen LogP contribution >= 0.6 is 24.0 Å². The predicted molar refractivity (Wildman–Crippen MR) is 99.8 cm³/mol. The highest BCUT2D eigenvalue weighted by Crippen LogP contribution is 2.26. The summed E-state index contributed by atoms with van der Waals surface area (Å²) < 4.78 is 1.71. The molecule has 1 aromatic carbocycles. The Balaban J connectivity index is 0.00000176. The molecule has 0 aliphatic heterocycles. The highest BCUT2D eigenvalue weighted by molar-refractivity contribution is 14.0. The van der Waals surface area contributed by atoms with Gasteiger partial charge in [-0.25, -0.2) is 4.79 Å². The third kappa shape index (κ3) is 3.82. The lowest BCUT2D eigenvalue weighted by Gasteiger charge is -2.23. The maximum absolute atomic E-state index is 11.9. The number of H-pyrrole nitrogens is 1. The van der Waals surface area contributed by atoms with E-state index in [0.717, 1.165) is 17.6 Å². The summed E-state index contributed by atoms with van der Waals surface area (Å²) in [7, 11) is 0. The third-order valence-corrected chi connectivity index (χ3v) is 4.07. The van der Waals surface area contributed by atoms with Gasteiger partial charge in [-0.3, -0.25) is 9.56 Å². The second-order valence-corrected chi connectivity index (χ2v) is 5.55. The summed E-state index contributed by atoms with van der Waals surface area (Å²) in [4.78, 5) is 19.1. The van der Waals surface area contributed by atoms with Gasteiger partial charge in [0.05, 0.1) is 11.0 Å². The molecule has 1 aliphatic carbocycles. The Morgan fingerprint density at radius 2 is 2.18 bits per heavy atom. The molecule has 0 atom stereocenters. The van der Waals surface area contributed by atoms with Crippen LogP contribution in [0, 0.1) is 5.92 Å².